The Morgan fingerprint density at radius 2 is 2.22 bits per heavy atom. The van der Waals surface area contributed by atoms with Gasteiger partial charge in [-0.15, -0.1) is 0 Å². The van der Waals surface area contributed by atoms with E-state index >= 15 is 0 Å². The summed E-state index contributed by atoms with van der Waals surface area (Å²) in [5.74, 6) is -0.0826. The Morgan fingerprint density at radius 3 is 2.94 bits per heavy atom. The fourth-order valence-electron chi connectivity index (χ4n) is 2.08. The van der Waals surface area contributed by atoms with E-state index in [0.29, 0.717) is 5.57 Å². The Bertz CT molecular complexity index is 659. The molecule has 0 aliphatic carbocycles. The number of fused-ring (bicyclic) bond motifs is 1. The Balaban J connectivity index is 2.20. The van der Waals surface area contributed by atoms with E-state index in [9.17, 15) is 4.79 Å². The molecule has 4 nitrogen and oxygen atoms in total. The molecule has 2 aromatic rings. The topological polar surface area (TPSA) is 57.8 Å². The summed E-state index contributed by atoms with van der Waals surface area (Å²) in [5, 5.41) is 2.87. The van der Waals surface area contributed by atoms with E-state index in [2.05, 4.69) is 31.2 Å². The highest BCUT2D eigenvalue weighted by Gasteiger charge is 2.26. The first kappa shape index (κ1) is 11.2. The Labute approximate surface area is 112 Å². The van der Waals surface area contributed by atoms with Crippen molar-refractivity contribution in [2.24, 2.45) is 0 Å². The normalized spacial score (nSPS) is 15.9. The predicted molar refractivity (Wildman–Crippen MR) is 74.0 cm³/mol. The molecular formula is C13H10BrN3O. The van der Waals surface area contributed by atoms with Crippen molar-refractivity contribution in [2.45, 2.75) is 6.92 Å². The number of anilines is 1. The van der Waals surface area contributed by atoms with Crippen LogP contribution in [0.2, 0.25) is 0 Å². The summed E-state index contributed by atoms with van der Waals surface area (Å²) in [6, 6.07) is 3.84. The van der Waals surface area contributed by atoms with Gasteiger partial charge in [-0.1, -0.05) is 15.9 Å². The van der Waals surface area contributed by atoms with Crippen molar-refractivity contribution in [1.29, 1.82) is 0 Å². The molecule has 0 fully saturated rings. The number of benzene rings is 1. The van der Waals surface area contributed by atoms with Crippen LogP contribution >= 0.6 is 15.9 Å². The highest BCUT2D eigenvalue weighted by Crippen LogP contribution is 2.38. The summed E-state index contributed by atoms with van der Waals surface area (Å²) in [4.78, 5) is 18.9. The van der Waals surface area contributed by atoms with E-state index in [1.165, 1.54) is 0 Å². The van der Waals surface area contributed by atoms with Crippen molar-refractivity contribution in [3.63, 3.8) is 0 Å². The third-order valence-corrected chi connectivity index (χ3v) is 3.84. The van der Waals surface area contributed by atoms with Gasteiger partial charge in [0.1, 0.15) is 0 Å². The van der Waals surface area contributed by atoms with Crippen molar-refractivity contribution in [3.8, 4) is 0 Å². The van der Waals surface area contributed by atoms with Gasteiger partial charge in [-0.05, 0) is 30.7 Å². The average molecular weight is 304 g/mol. The number of aromatic amines is 1. The molecule has 0 atom stereocenters. The summed E-state index contributed by atoms with van der Waals surface area (Å²) in [7, 11) is 0. The van der Waals surface area contributed by atoms with Gasteiger partial charge in [0.2, 0.25) is 0 Å². The van der Waals surface area contributed by atoms with E-state index in [-0.39, 0.29) is 5.91 Å². The summed E-state index contributed by atoms with van der Waals surface area (Å²) in [5.41, 5.74) is 4.33. The predicted octanol–water partition coefficient (Wildman–Crippen LogP) is 2.97. The van der Waals surface area contributed by atoms with Crippen molar-refractivity contribution < 1.29 is 4.79 Å². The first-order valence-corrected chi connectivity index (χ1v) is 6.27. The molecule has 1 aliphatic heterocycles. The lowest BCUT2D eigenvalue weighted by Crippen LogP contribution is -2.03. The Hall–Kier alpha value is -1.88. The van der Waals surface area contributed by atoms with Crippen LogP contribution in [0, 0.1) is 6.92 Å². The van der Waals surface area contributed by atoms with Crippen LogP contribution in [0.1, 0.15) is 16.8 Å². The van der Waals surface area contributed by atoms with Gasteiger partial charge in [0.05, 0.1) is 23.8 Å². The zero-order valence-electron chi connectivity index (χ0n) is 9.62. The monoisotopic (exact) mass is 303 g/mol. The van der Waals surface area contributed by atoms with Gasteiger partial charge in [-0.3, -0.25) is 4.79 Å². The Kier molecular flexibility index (Phi) is 2.56. The Morgan fingerprint density at radius 1 is 1.39 bits per heavy atom. The summed E-state index contributed by atoms with van der Waals surface area (Å²) < 4.78 is 0.994. The van der Waals surface area contributed by atoms with Crippen LogP contribution in [-0.2, 0) is 4.79 Å². The molecule has 2 heterocycles. The highest BCUT2D eigenvalue weighted by molar-refractivity contribution is 9.10. The molecule has 18 heavy (non-hydrogen) atoms. The number of aromatic nitrogens is 2. The van der Waals surface area contributed by atoms with Crippen LogP contribution in [0.15, 0.2) is 29.1 Å². The highest BCUT2D eigenvalue weighted by atomic mass is 79.9. The first-order valence-electron chi connectivity index (χ1n) is 5.47. The van der Waals surface area contributed by atoms with Gasteiger partial charge in [-0.2, -0.15) is 0 Å². The maximum absolute atomic E-state index is 12.0. The van der Waals surface area contributed by atoms with Crippen LogP contribution in [0.5, 0.6) is 0 Å². The van der Waals surface area contributed by atoms with Crippen molar-refractivity contribution >= 4 is 39.2 Å². The number of carbonyl (C=O) groups is 1. The lowest BCUT2D eigenvalue weighted by Gasteiger charge is -2.05. The second kappa shape index (κ2) is 4.10. The molecule has 1 aromatic heterocycles. The van der Waals surface area contributed by atoms with E-state index < -0.39 is 0 Å². The maximum Gasteiger partial charge on any atom is 0.256 e. The molecule has 0 spiro atoms. The molecule has 1 aromatic carbocycles. The van der Waals surface area contributed by atoms with Gasteiger partial charge in [0.15, 0.2) is 0 Å². The van der Waals surface area contributed by atoms with Crippen molar-refractivity contribution in [3.05, 3.63) is 46.0 Å². The molecule has 3 rings (SSSR count). The summed E-state index contributed by atoms with van der Waals surface area (Å²) in [6.07, 6.45) is 5.09. The molecule has 0 bridgehead atoms. The summed E-state index contributed by atoms with van der Waals surface area (Å²) in [6.45, 7) is 1.99. The minimum absolute atomic E-state index is 0.0826. The number of imidazole rings is 1. The smallest absolute Gasteiger partial charge is 0.256 e. The third kappa shape index (κ3) is 1.67. The number of rotatable bonds is 1. The van der Waals surface area contributed by atoms with Gasteiger partial charge in [-0.25, -0.2) is 4.98 Å². The number of carbonyl (C=O) groups excluding carboxylic acids is 1. The van der Waals surface area contributed by atoms with E-state index in [1.807, 2.05) is 25.1 Å². The fraction of sp³-hybridized carbons (Fsp3) is 0.0769. The molecule has 0 saturated heterocycles. The van der Waals surface area contributed by atoms with E-state index in [4.69, 9.17) is 0 Å². The second-order valence-electron chi connectivity index (χ2n) is 4.11. The molecule has 1 amide bonds. The number of H-pyrrole nitrogens is 1. The third-order valence-electron chi connectivity index (χ3n) is 2.98. The molecule has 0 saturated carbocycles. The number of nitrogens with zero attached hydrogens (tertiary/aromatic N) is 1. The molecule has 90 valence electrons. The number of amides is 1. The molecule has 2 N–H and O–H groups in total. The number of hydrogen-bond donors (Lipinski definition) is 2. The average Bonchev–Trinajstić information content (AvgIpc) is 2.94. The lowest BCUT2D eigenvalue weighted by molar-refractivity contribution is -0.110. The first-order chi connectivity index (χ1) is 8.66. The van der Waals surface area contributed by atoms with Gasteiger partial charge < -0.3 is 10.3 Å². The zero-order chi connectivity index (χ0) is 12.7. The fourth-order valence-corrected chi connectivity index (χ4v) is 2.41. The van der Waals surface area contributed by atoms with Crippen LogP contribution < -0.4 is 5.32 Å². The van der Waals surface area contributed by atoms with Crippen LogP contribution in [0.25, 0.3) is 11.6 Å². The minimum atomic E-state index is -0.0826. The van der Waals surface area contributed by atoms with E-state index in [0.717, 1.165) is 27.0 Å². The zero-order valence-corrected chi connectivity index (χ0v) is 11.2. The van der Waals surface area contributed by atoms with Crippen LogP contribution in [-0.4, -0.2) is 15.9 Å². The number of nitrogens with one attached hydrogen (secondary N) is 2. The molecule has 0 radical (unpaired) electrons. The van der Waals surface area contributed by atoms with E-state index in [1.54, 1.807) is 12.5 Å². The van der Waals surface area contributed by atoms with Crippen LogP contribution in [0.3, 0.4) is 0 Å². The number of hydrogen-bond acceptors (Lipinski definition) is 2. The van der Waals surface area contributed by atoms with Gasteiger partial charge in [0, 0.05) is 15.7 Å². The second-order valence-corrected chi connectivity index (χ2v) is 4.97. The van der Waals surface area contributed by atoms with Gasteiger partial charge >= 0.3 is 0 Å². The molecule has 5 heteroatoms. The standard InChI is InChI=1S/C13H10BrN3O/c1-7-10(14)2-3-11-12(7)9(13(18)17-11)4-8-5-15-6-16-8/h2-6H,1H3,(H,15,16)(H,17,18). The van der Waals surface area contributed by atoms with Crippen molar-refractivity contribution in [1.82, 2.24) is 9.97 Å². The molecule has 1 aliphatic rings. The molecule has 0 unspecified atom stereocenters. The SMILES string of the molecule is Cc1c(Br)ccc2c1C(=Cc1cnc[nH]1)C(=O)N2. The molecular weight excluding hydrogens is 294 g/mol. The largest absolute Gasteiger partial charge is 0.345 e. The maximum atomic E-state index is 12.0. The minimum Gasteiger partial charge on any atom is -0.345 e. The van der Waals surface area contributed by atoms with Crippen LogP contribution in [0.4, 0.5) is 5.69 Å². The lowest BCUT2D eigenvalue weighted by atomic mass is 10.0. The summed E-state index contributed by atoms with van der Waals surface area (Å²) >= 11 is 3.49. The van der Waals surface area contributed by atoms with Gasteiger partial charge in [0.25, 0.3) is 5.91 Å². The number of halogens is 1. The van der Waals surface area contributed by atoms with Crippen molar-refractivity contribution in [2.75, 3.05) is 5.32 Å². The quantitative estimate of drug-likeness (QED) is 0.796.